The predicted molar refractivity (Wildman–Crippen MR) is 86.2 cm³/mol. The molecule has 0 heterocycles. The number of nitrogens with one attached hydrogen (secondary N) is 1. The van der Waals surface area contributed by atoms with Crippen molar-refractivity contribution in [3.05, 3.63) is 53.8 Å². The van der Waals surface area contributed by atoms with Gasteiger partial charge in [-0.05, 0) is 45.8 Å². The van der Waals surface area contributed by atoms with E-state index in [9.17, 15) is 4.79 Å². The van der Waals surface area contributed by atoms with E-state index < -0.39 is 5.60 Å². The molecule has 0 saturated carbocycles. The number of carbonyl (C=O) groups excluding carboxylic acids is 1. The van der Waals surface area contributed by atoms with Gasteiger partial charge in [0.1, 0.15) is 11.6 Å². The summed E-state index contributed by atoms with van der Waals surface area (Å²) in [5, 5.41) is 3.17. The SMILES string of the molecule is C=C=CCN[C@@H](Cc1ccc(C)cc1)C(=O)OC(C)(C)C. The molecular weight excluding hydrogens is 262 g/mol. The van der Waals surface area contributed by atoms with E-state index in [1.807, 2.05) is 52.0 Å². The molecule has 0 aliphatic rings. The van der Waals surface area contributed by atoms with E-state index in [0.717, 1.165) is 5.56 Å². The van der Waals surface area contributed by atoms with Gasteiger partial charge in [0.15, 0.2) is 0 Å². The monoisotopic (exact) mass is 287 g/mol. The van der Waals surface area contributed by atoms with Gasteiger partial charge in [0.25, 0.3) is 0 Å². The highest BCUT2D eigenvalue weighted by Gasteiger charge is 2.24. The number of rotatable bonds is 6. The maximum absolute atomic E-state index is 12.3. The molecule has 0 amide bonds. The average molecular weight is 287 g/mol. The minimum atomic E-state index is -0.488. The van der Waals surface area contributed by atoms with Crippen LogP contribution in [-0.2, 0) is 16.0 Å². The van der Waals surface area contributed by atoms with E-state index in [0.29, 0.717) is 13.0 Å². The zero-order valence-electron chi connectivity index (χ0n) is 13.4. The number of hydrogen-bond acceptors (Lipinski definition) is 3. The van der Waals surface area contributed by atoms with Crippen LogP contribution in [-0.4, -0.2) is 24.2 Å². The lowest BCUT2D eigenvalue weighted by Crippen LogP contribution is -2.42. The quantitative estimate of drug-likeness (QED) is 0.645. The third kappa shape index (κ3) is 6.94. The molecule has 0 spiro atoms. The molecule has 0 fully saturated rings. The first-order chi connectivity index (χ1) is 9.81. The van der Waals surface area contributed by atoms with Gasteiger partial charge in [0.2, 0.25) is 0 Å². The molecule has 0 radical (unpaired) electrons. The maximum Gasteiger partial charge on any atom is 0.324 e. The standard InChI is InChI=1S/C18H25NO2/c1-6-7-12-19-16(17(20)21-18(3,4)5)13-15-10-8-14(2)9-11-15/h7-11,16,19H,1,12-13H2,2-5H3/t16-/m0/s1. The third-order valence-electron chi connectivity index (χ3n) is 2.86. The molecule has 114 valence electrons. The van der Waals surface area contributed by atoms with E-state index in [-0.39, 0.29) is 12.0 Å². The fourth-order valence-corrected chi connectivity index (χ4v) is 1.84. The van der Waals surface area contributed by atoms with Gasteiger partial charge in [-0.1, -0.05) is 36.4 Å². The van der Waals surface area contributed by atoms with Gasteiger partial charge >= 0.3 is 5.97 Å². The van der Waals surface area contributed by atoms with Crippen LogP contribution in [0.25, 0.3) is 0 Å². The lowest BCUT2D eigenvalue weighted by atomic mass is 10.0. The summed E-state index contributed by atoms with van der Waals surface area (Å²) in [5.41, 5.74) is 4.51. The fourth-order valence-electron chi connectivity index (χ4n) is 1.84. The summed E-state index contributed by atoms with van der Waals surface area (Å²) in [6.07, 6.45) is 2.35. The highest BCUT2D eigenvalue weighted by atomic mass is 16.6. The number of ether oxygens (including phenoxy) is 1. The summed E-state index contributed by atoms with van der Waals surface area (Å²) in [6, 6.07) is 7.79. The Kier molecular flexibility index (Phi) is 6.41. The Labute approximate surface area is 127 Å². The number of aryl methyl sites for hydroxylation is 1. The Morgan fingerprint density at radius 1 is 1.38 bits per heavy atom. The zero-order chi connectivity index (χ0) is 15.9. The first-order valence-corrected chi connectivity index (χ1v) is 7.18. The molecule has 3 nitrogen and oxygen atoms in total. The molecule has 0 bridgehead atoms. The van der Waals surface area contributed by atoms with Crippen molar-refractivity contribution in [3.8, 4) is 0 Å². The normalized spacial score (nSPS) is 12.4. The number of carbonyl (C=O) groups is 1. The van der Waals surface area contributed by atoms with Crippen LogP contribution in [0.1, 0.15) is 31.9 Å². The largest absolute Gasteiger partial charge is 0.459 e. The van der Waals surface area contributed by atoms with E-state index in [4.69, 9.17) is 4.74 Å². The van der Waals surface area contributed by atoms with Gasteiger partial charge < -0.3 is 4.74 Å². The Morgan fingerprint density at radius 2 is 2.00 bits per heavy atom. The summed E-state index contributed by atoms with van der Waals surface area (Å²) in [7, 11) is 0. The second-order valence-corrected chi connectivity index (χ2v) is 6.09. The molecule has 0 aliphatic carbocycles. The molecule has 1 rings (SSSR count). The summed E-state index contributed by atoms with van der Waals surface area (Å²) in [6.45, 7) is 11.7. The molecule has 0 aromatic heterocycles. The number of benzene rings is 1. The summed E-state index contributed by atoms with van der Waals surface area (Å²) in [4.78, 5) is 12.3. The third-order valence-corrected chi connectivity index (χ3v) is 2.86. The van der Waals surface area contributed by atoms with Crippen molar-refractivity contribution in [1.82, 2.24) is 5.32 Å². The lowest BCUT2D eigenvalue weighted by molar-refractivity contribution is -0.157. The molecule has 1 aromatic rings. The van der Waals surface area contributed by atoms with Crippen LogP contribution in [0.15, 0.2) is 42.7 Å². The minimum Gasteiger partial charge on any atom is -0.459 e. The first-order valence-electron chi connectivity index (χ1n) is 7.18. The van der Waals surface area contributed by atoms with Crippen molar-refractivity contribution >= 4 is 5.97 Å². The number of esters is 1. The van der Waals surface area contributed by atoms with E-state index in [2.05, 4.69) is 17.6 Å². The van der Waals surface area contributed by atoms with Gasteiger partial charge in [-0.25, -0.2) is 0 Å². The lowest BCUT2D eigenvalue weighted by Gasteiger charge is -2.24. The fraction of sp³-hybridized carbons (Fsp3) is 0.444. The van der Waals surface area contributed by atoms with Crippen molar-refractivity contribution in [2.24, 2.45) is 0 Å². The topological polar surface area (TPSA) is 38.3 Å². The zero-order valence-corrected chi connectivity index (χ0v) is 13.4. The average Bonchev–Trinajstić information content (AvgIpc) is 2.38. The molecular formula is C18H25NO2. The second kappa shape index (κ2) is 7.82. The van der Waals surface area contributed by atoms with Crippen LogP contribution >= 0.6 is 0 Å². The van der Waals surface area contributed by atoms with Gasteiger partial charge in [0.05, 0.1) is 0 Å². The first kappa shape index (κ1) is 17.2. The predicted octanol–water partition coefficient (Wildman–Crippen LogP) is 3.18. The molecule has 1 aromatic carbocycles. The Balaban J connectivity index is 2.78. The van der Waals surface area contributed by atoms with Gasteiger partial charge in [-0.2, -0.15) is 0 Å². The van der Waals surface area contributed by atoms with E-state index in [1.54, 1.807) is 6.08 Å². The molecule has 1 atom stereocenters. The second-order valence-electron chi connectivity index (χ2n) is 6.09. The molecule has 1 N–H and O–H groups in total. The molecule has 0 saturated heterocycles. The van der Waals surface area contributed by atoms with Crippen molar-refractivity contribution in [1.29, 1.82) is 0 Å². The van der Waals surface area contributed by atoms with Crippen LogP contribution < -0.4 is 5.32 Å². The minimum absolute atomic E-state index is 0.236. The van der Waals surface area contributed by atoms with Crippen molar-refractivity contribution < 1.29 is 9.53 Å². The Morgan fingerprint density at radius 3 is 2.52 bits per heavy atom. The summed E-state index contributed by atoms with van der Waals surface area (Å²) in [5.74, 6) is -0.236. The number of hydrogen-bond donors (Lipinski definition) is 1. The Hall–Kier alpha value is -1.83. The van der Waals surface area contributed by atoms with Crippen molar-refractivity contribution in [2.75, 3.05) is 6.54 Å². The summed E-state index contributed by atoms with van der Waals surface area (Å²) < 4.78 is 5.48. The maximum atomic E-state index is 12.3. The summed E-state index contributed by atoms with van der Waals surface area (Å²) >= 11 is 0. The van der Waals surface area contributed by atoms with Gasteiger partial charge in [0, 0.05) is 6.54 Å². The smallest absolute Gasteiger partial charge is 0.324 e. The molecule has 0 unspecified atom stereocenters. The highest BCUT2D eigenvalue weighted by Crippen LogP contribution is 2.12. The van der Waals surface area contributed by atoms with Crippen LogP contribution in [0.4, 0.5) is 0 Å². The van der Waals surface area contributed by atoms with Gasteiger partial charge in [-0.15, -0.1) is 5.73 Å². The molecule has 21 heavy (non-hydrogen) atoms. The van der Waals surface area contributed by atoms with E-state index in [1.165, 1.54) is 5.56 Å². The van der Waals surface area contributed by atoms with Crippen LogP contribution in [0.5, 0.6) is 0 Å². The molecule has 3 heteroatoms. The van der Waals surface area contributed by atoms with Crippen molar-refractivity contribution in [3.63, 3.8) is 0 Å². The van der Waals surface area contributed by atoms with Crippen LogP contribution in [0.2, 0.25) is 0 Å². The van der Waals surface area contributed by atoms with Gasteiger partial charge in [-0.3, -0.25) is 10.1 Å². The van der Waals surface area contributed by atoms with Crippen LogP contribution in [0, 0.1) is 6.92 Å². The Bertz CT molecular complexity index is 505. The van der Waals surface area contributed by atoms with Crippen molar-refractivity contribution in [2.45, 2.75) is 45.8 Å². The highest BCUT2D eigenvalue weighted by molar-refractivity contribution is 5.76. The van der Waals surface area contributed by atoms with E-state index >= 15 is 0 Å². The van der Waals surface area contributed by atoms with Crippen LogP contribution in [0.3, 0.4) is 0 Å². The molecule has 0 aliphatic heterocycles.